The van der Waals surface area contributed by atoms with Gasteiger partial charge in [-0.05, 0) is 18.8 Å². The molecule has 1 atom stereocenters. The zero-order valence-electron chi connectivity index (χ0n) is 9.59. The first-order valence-electron chi connectivity index (χ1n) is 5.86. The van der Waals surface area contributed by atoms with Crippen molar-refractivity contribution in [3.63, 3.8) is 0 Å². The van der Waals surface area contributed by atoms with Gasteiger partial charge in [-0.2, -0.15) is 13.2 Å². The highest BCUT2D eigenvalue weighted by atomic mass is 19.4. The van der Waals surface area contributed by atoms with Gasteiger partial charge in [0.2, 0.25) is 0 Å². The highest BCUT2D eigenvalue weighted by molar-refractivity contribution is 5.76. The Morgan fingerprint density at radius 1 is 1.18 bits per heavy atom. The van der Waals surface area contributed by atoms with Crippen LogP contribution in [0.2, 0.25) is 0 Å². The van der Waals surface area contributed by atoms with Gasteiger partial charge in [0.15, 0.2) is 5.41 Å². The Balaban J connectivity index is 3.07. The second-order valence-corrected chi connectivity index (χ2v) is 4.67. The molecular formula is C11H18F3NO2. The molecule has 3 N–H and O–H groups in total. The number of halogens is 3. The molecule has 0 aromatic rings. The maximum absolute atomic E-state index is 13.1. The molecule has 0 aliphatic heterocycles. The lowest BCUT2D eigenvalue weighted by atomic mass is 9.71. The smallest absolute Gasteiger partial charge is 0.406 e. The van der Waals surface area contributed by atoms with Crippen LogP contribution in [0.25, 0.3) is 0 Å². The van der Waals surface area contributed by atoms with Crippen LogP contribution in [0.4, 0.5) is 13.2 Å². The summed E-state index contributed by atoms with van der Waals surface area (Å²) in [5.41, 5.74) is 2.41. The van der Waals surface area contributed by atoms with E-state index in [1.165, 1.54) is 0 Å². The summed E-state index contributed by atoms with van der Waals surface area (Å²) in [4.78, 5) is 11.1. The Kier molecular flexibility index (Phi) is 4.41. The van der Waals surface area contributed by atoms with E-state index >= 15 is 0 Å². The fourth-order valence-corrected chi connectivity index (χ4v) is 2.67. The van der Waals surface area contributed by atoms with Crippen molar-refractivity contribution >= 4 is 5.97 Å². The van der Waals surface area contributed by atoms with Crippen molar-refractivity contribution < 1.29 is 23.1 Å². The van der Waals surface area contributed by atoms with Crippen LogP contribution in [-0.4, -0.2) is 23.8 Å². The molecule has 0 radical (unpaired) electrons. The third-order valence-electron chi connectivity index (χ3n) is 3.76. The Labute approximate surface area is 98.2 Å². The molecule has 3 nitrogen and oxygen atoms in total. The zero-order chi connectivity index (χ0) is 13.1. The van der Waals surface area contributed by atoms with Crippen molar-refractivity contribution in [1.29, 1.82) is 0 Å². The highest BCUT2D eigenvalue weighted by Crippen LogP contribution is 2.48. The number of hydrogen-bond donors (Lipinski definition) is 2. The van der Waals surface area contributed by atoms with Crippen molar-refractivity contribution in [3.8, 4) is 0 Å². The average molecular weight is 253 g/mol. The number of aliphatic carboxylic acids is 1. The third kappa shape index (κ3) is 2.56. The SMILES string of the molecule is NCC(C(=O)O)(C1CCCCCC1)C(F)(F)F. The van der Waals surface area contributed by atoms with Gasteiger partial charge in [-0.1, -0.05) is 25.7 Å². The Morgan fingerprint density at radius 2 is 1.65 bits per heavy atom. The molecule has 1 saturated carbocycles. The molecule has 0 saturated heterocycles. The fraction of sp³-hybridized carbons (Fsp3) is 0.909. The molecule has 1 unspecified atom stereocenters. The quantitative estimate of drug-likeness (QED) is 0.760. The Morgan fingerprint density at radius 3 is 1.94 bits per heavy atom. The van der Waals surface area contributed by atoms with E-state index in [-0.39, 0.29) is 0 Å². The topological polar surface area (TPSA) is 63.3 Å². The van der Waals surface area contributed by atoms with E-state index < -0.39 is 30.0 Å². The number of hydrogen-bond acceptors (Lipinski definition) is 2. The van der Waals surface area contributed by atoms with Gasteiger partial charge in [-0.3, -0.25) is 4.79 Å². The molecule has 1 rings (SSSR count). The monoisotopic (exact) mass is 253 g/mol. The lowest BCUT2D eigenvalue weighted by molar-refractivity contribution is -0.244. The number of nitrogens with two attached hydrogens (primary N) is 1. The van der Waals surface area contributed by atoms with Crippen molar-refractivity contribution in [1.82, 2.24) is 0 Å². The van der Waals surface area contributed by atoms with Crippen LogP contribution in [0.5, 0.6) is 0 Å². The average Bonchev–Trinajstić information content (AvgIpc) is 2.45. The predicted octanol–water partition coefficient (Wildman–Crippen LogP) is 2.55. The van der Waals surface area contributed by atoms with Gasteiger partial charge in [0.25, 0.3) is 0 Å². The van der Waals surface area contributed by atoms with Crippen LogP contribution in [0.3, 0.4) is 0 Å². The van der Waals surface area contributed by atoms with E-state index in [9.17, 15) is 18.0 Å². The molecule has 17 heavy (non-hydrogen) atoms. The molecular weight excluding hydrogens is 235 g/mol. The lowest BCUT2D eigenvalue weighted by Gasteiger charge is -2.37. The van der Waals surface area contributed by atoms with Crippen LogP contribution in [0, 0.1) is 11.3 Å². The van der Waals surface area contributed by atoms with Crippen LogP contribution in [0.15, 0.2) is 0 Å². The third-order valence-corrected chi connectivity index (χ3v) is 3.76. The van der Waals surface area contributed by atoms with Crippen LogP contribution in [-0.2, 0) is 4.79 Å². The summed E-state index contributed by atoms with van der Waals surface area (Å²) in [5.74, 6) is -2.73. The van der Waals surface area contributed by atoms with Gasteiger partial charge in [0, 0.05) is 6.54 Å². The van der Waals surface area contributed by atoms with E-state index in [1.807, 2.05) is 0 Å². The van der Waals surface area contributed by atoms with E-state index in [4.69, 9.17) is 10.8 Å². The number of rotatable bonds is 3. The molecule has 6 heteroatoms. The molecule has 0 aromatic carbocycles. The van der Waals surface area contributed by atoms with E-state index in [1.54, 1.807) is 0 Å². The summed E-state index contributed by atoms with van der Waals surface area (Å²) < 4.78 is 39.2. The minimum Gasteiger partial charge on any atom is -0.481 e. The zero-order valence-corrected chi connectivity index (χ0v) is 9.59. The first kappa shape index (κ1) is 14.3. The largest absolute Gasteiger partial charge is 0.481 e. The van der Waals surface area contributed by atoms with Crippen molar-refractivity contribution in [3.05, 3.63) is 0 Å². The number of carbonyl (C=O) groups is 1. The molecule has 0 spiro atoms. The molecule has 0 aromatic heterocycles. The summed E-state index contributed by atoms with van der Waals surface area (Å²) in [6, 6.07) is 0. The first-order chi connectivity index (χ1) is 7.86. The van der Waals surface area contributed by atoms with Crippen molar-refractivity contribution in [2.45, 2.75) is 44.7 Å². The molecule has 0 amide bonds. The summed E-state index contributed by atoms with van der Waals surface area (Å²) in [7, 11) is 0. The van der Waals surface area contributed by atoms with Gasteiger partial charge in [-0.25, -0.2) is 0 Å². The summed E-state index contributed by atoms with van der Waals surface area (Å²) in [6.07, 6.45) is -1.16. The molecule has 1 aliphatic carbocycles. The van der Waals surface area contributed by atoms with Gasteiger partial charge >= 0.3 is 12.1 Å². The molecule has 0 bridgehead atoms. The highest BCUT2D eigenvalue weighted by Gasteiger charge is 2.63. The minimum atomic E-state index is -4.79. The maximum atomic E-state index is 13.1. The minimum absolute atomic E-state index is 0.295. The van der Waals surface area contributed by atoms with Crippen LogP contribution >= 0.6 is 0 Å². The normalized spacial score (nSPS) is 22.8. The number of carboxylic acids is 1. The second-order valence-electron chi connectivity index (χ2n) is 4.67. The lowest BCUT2D eigenvalue weighted by Crippen LogP contribution is -2.55. The second kappa shape index (κ2) is 5.25. The number of alkyl halides is 3. The van der Waals surface area contributed by atoms with Crippen molar-refractivity contribution in [2.75, 3.05) is 6.54 Å². The van der Waals surface area contributed by atoms with E-state index in [0.717, 1.165) is 12.8 Å². The first-order valence-corrected chi connectivity index (χ1v) is 5.86. The van der Waals surface area contributed by atoms with Crippen LogP contribution in [0.1, 0.15) is 38.5 Å². The van der Waals surface area contributed by atoms with Gasteiger partial charge in [0.05, 0.1) is 0 Å². The Hall–Kier alpha value is -0.780. The van der Waals surface area contributed by atoms with Gasteiger partial charge in [-0.15, -0.1) is 0 Å². The molecule has 100 valence electrons. The fourth-order valence-electron chi connectivity index (χ4n) is 2.67. The van der Waals surface area contributed by atoms with Gasteiger partial charge in [0.1, 0.15) is 0 Å². The van der Waals surface area contributed by atoms with Gasteiger partial charge < -0.3 is 10.8 Å². The van der Waals surface area contributed by atoms with E-state index in [2.05, 4.69) is 0 Å². The van der Waals surface area contributed by atoms with E-state index in [0.29, 0.717) is 25.7 Å². The molecule has 0 heterocycles. The maximum Gasteiger partial charge on any atom is 0.406 e. The summed E-state index contributed by atoms with van der Waals surface area (Å²) in [6.45, 7) is -0.878. The predicted molar refractivity (Wildman–Crippen MR) is 56.4 cm³/mol. The molecule has 1 fully saturated rings. The van der Waals surface area contributed by atoms with Crippen molar-refractivity contribution in [2.24, 2.45) is 17.1 Å². The molecule has 1 aliphatic rings. The number of carboxylic acid groups (broad SMARTS) is 1. The van der Waals surface area contributed by atoms with Crippen LogP contribution < -0.4 is 5.73 Å². The Bertz CT molecular complexity index is 272. The standard InChI is InChI=1S/C11H18F3NO2/c12-11(13,14)10(7-15,9(16)17)8-5-3-1-2-4-6-8/h8H,1-7,15H2,(H,16,17). The summed E-state index contributed by atoms with van der Waals surface area (Å²) in [5, 5.41) is 9.00. The summed E-state index contributed by atoms with van der Waals surface area (Å²) >= 11 is 0.